The van der Waals surface area contributed by atoms with Gasteiger partial charge in [-0.3, -0.25) is 15.2 Å². The zero-order chi connectivity index (χ0) is 17.8. The average Bonchev–Trinajstić information content (AvgIpc) is 3.21. The van der Waals surface area contributed by atoms with Crippen LogP contribution in [0.3, 0.4) is 0 Å². The van der Waals surface area contributed by atoms with Crippen LogP contribution in [0.5, 0.6) is 0 Å². The third-order valence-electron chi connectivity index (χ3n) is 5.83. The second-order valence-electron chi connectivity index (χ2n) is 7.38. The normalized spacial score (nSPS) is 23.4. The van der Waals surface area contributed by atoms with E-state index in [2.05, 4.69) is 46.9 Å². The molecule has 0 aliphatic carbocycles. The van der Waals surface area contributed by atoms with Gasteiger partial charge in [0, 0.05) is 50.9 Å². The molecule has 2 fully saturated rings. The number of hydrogen-bond acceptors (Lipinski definition) is 8. The molecule has 0 unspecified atom stereocenters. The molecule has 1 aromatic heterocycles. The van der Waals surface area contributed by atoms with Crippen LogP contribution in [-0.2, 0) is 6.42 Å². The third-order valence-corrected chi connectivity index (χ3v) is 5.83. The Balaban J connectivity index is 1.30. The fourth-order valence-corrected chi connectivity index (χ4v) is 4.17. The summed E-state index contributed by atoms with van der Waals surface area (Å²) in [5, 5.41) is 3.22. The molecular formula is C18H30N8. The molecule has 0 saturated carbocycles. The van der Waals surface area contributed by atoms with Gasteiger partial charge in [-0.05, 0) is 32.5 Å². The fraction of sp³-hybridized carbons (Fsp3) is 0.778. The summed E-state index contributed by atoms with van der Waals surface area (Å²) < 4.78 is 0. The van der Waals surface area contributed by atoms with Crippen molar-refractivity contribution < 1.29 is 0 Å². The van der Waals surface area contributed by atoms with Crippen molar-refractivity contribution in [2.24, 2.45) is 4.99 Å². The number of likely N-dealkylation sites (tertiary alicyclic amines) is 1. The summed E-state index contributed by atoms with van der Waals surface area (Å²) >= 11 is 0. The molecule has 8 nitrogen and oxygen atoms in total. The lowest BCUT2D eigenvalue weighted by Crippen LogP contribution is -2.53. The lowest BCUT2D eigenvalue weighted by atomic mass is 10.0. The average molecular weight is 358 g/mol. The van der Waals surface area contributed by atoms with E-state index in [1.807, 2.05) is 0 Å². The van der Waals surface area contributed by atoms with E-state index in [1.165, 1.54) is 32.5 Å². The Kier molecular flexibility index (Phi) is 5.72. The Morgan fingerprint density at radius 2 is 1.88 bits per heavy atom. The van der Waals surface area contributed by atoms with Gasteiger partial charge < -0.3 is 9.80 Å². The molecule has 0 radical (unpaired) electrons. The predicted octanol–water partition coefficient (Wildman–Crippen LogP) is 0.0221. The first-order valence-corrected chi connectivity index (χ1v) is 9.94. The van der Waals surface area contributed by atoms with Crippen LogP contribution in [0.15, 0.2) is 11.3 Å². The number of nitrogens with zero attached hydrogens (tertiary/aromatic N) is 7. The highest BCUT2D eigenvalue weighted by molar-refractivity contribution is 5.89. The van der Waals surface area contributed by atoms with E-state index in [1.54, 1.807) is 6.33 Å². The molecular weight excluding hydrogens is 328 g/mol. The first-order chi connectivity index (χ1) is 12.8. The van der Waals surface area contributed by atoms with Crippen molar-refractivity contribution in [3.63, 3.8) is 0 Å². The van der Waals surface area contributed by atoms with Gasteiger partial charge in [0.25, 0.3) is 0 Å². The van der Waals surface area contributed by atoms with Crippen LogP contribution < -0.4 is 10.2 Å². The number of anilines is 1. The van der Waals surface area contributed by atoms with E-state index in [-0.39, 0.29) is 0 Å². The molecule has 142 valence electrons. The van der Waals surface area contributed by atoms with Gasteiger partial charge in [0.2, 0.25) is 5.95 Å². The number of aliphatic imine (C=N–C) groups is 1. The minimum absolute atomic E-state index is 0.715. The number of hydrogen-bond donors (Lipinski definition) is 1. The maximum absolute atomic E-state index is 4.69. The maximum atomic E-state index is 4.69. The molecule has 8 heteroatoms. The molecule has 3 aliphatic heterocycles. The highest BCUT2D eigenvalue weighted by atomic mass is 15.3. The second kappa shape index (κ2) is 8.37. The van der Waals surface area contributed by atoms with Crippen molar-refractivity contribution in [1.29, 1.82) is 0 Å². The second-order valence-corrected chi connectivity index (χ2v) is 7.38. The molecule has 0 aromatic carbocycles. The Hall–Kier alpha value is -1.64. The van der Waals surface area contributed by atoms with Gasteiger partial charge in [-0.1, -0.05) is 6.92 Å². The van der Waals surface area contributed by atoms with Crippen LogP contribution in [0, 0.1) is 0 Å². The number of aromatic nitrogens is 3. The van der Waals surface area contributed by atoms with Crippen molar-refractivity contribution >= 4 is 11.7 Å². The SMILES string of the molecule is CCN1CCC(N2CCN(c3ncnc(CC4=NCNC4)n3)CC2)CC1. The molecule has 0 spiro atoms. The Morgan fingerprint density at radius 3 is 2.58 bits per heavy atom. The fourth-order valence-electron chi connectivity index (χ4n) is 4.17. The van der Waals surface area contributed by atoms with Crippen LogP contribution in [0.25, 0.3) is 0 Å². The van der Waals surface area contributed by atoms with Crippen LogP contribution in [-0.4, -0.2) is 95.5 Å². The van der Waals surface area contributed by atoms with Crippen molar-refractivity contribution in [3.8, 4) is 0 Å². The van der Waals surface area contributed by atoms with E-state index in [0.717, 1.165) is 62.7 Å². The Bertz CT molecular complexity index is 617. The molecule has 3 aliphatic rings. The first kappa shape index (κ1) is 17.8. The molecule has 26 heavy (non-hydrogen) atoms. The van der Waals surface area contributed by atoms with Crippen molar-refractivity contribution in [3.05, 3.63) is 12.2 Å². The number of piperidine rings is 1. The summed E-state index contributed by atoms with van der Waals surface area (Å²) in [6, 6.07) is 0.752. The van der Waals surface area contributed by atoms with Crippen LogP contribution in [0.1, 0.15) is 25.6 Å². The van der Waals surface area contributed by atoms with E-state index in [9.17, 15) is 0 Å². The zero-order valence-electron chi connectivity index (χ0n) is 15.8. The smallest absolute Gasteiger partial charge is 0.228 e. The summed E-state index contributed by atoms with van der Waals surface area (Å²) in [7, 11) is 0. The van der Waals surface area contributed by atoms with E-state index in [0.29, 0.717) is 6.67 Å². The molecule has 1 aromatic rings. The summed E-state index contributed by atoms with van der Waals surface area (Å²) in [6.07, 6.45) is 4.98. The quantitative estimate of drug-likeness (QED) is 0.796. The third kappa shape index (κ3) is 4.19. The number of rotatable bonds is 5. The summed E-state index contributed by atoms with van der Waals surface area (Å²) in [6.45, 7) is 11.7. The lowest BCUT2D eigenvalue weighted by Gasteiger charge is -2.42. The maximum Gasteiger partial charge on any atom is 0.228 e. The van der Waals surface area contributed by atoms with Gasteiger partial charge >= 0.3 is 0 Å². The van der Waals surface area contributed by atoms with Gasteiger partial charge in [0.1, 0.15) is 12.2 Å². The largest absolute Gasteiger partial charge is 0.338 e. The molecule has 4 rings (SSSR count). The van der Waals surface area contributed by atoms with Gasteiger partial charge in [-0.25, -0.2) is 9.97 Å². The predicted molar refractivity (Wildman–Crippen MR) is 103 cm³/mol. The summed E-state index contributed by atoms with van der Waals surface area (Å²) in [4.78, 5) is 25.4. The van der Waals surface area contributed by atoms with E-state index < -0.39 is 0 Å². The minimum atomic E-state index is 0.715. The Morgan fingerprint density at radius 1 is 1.08 bits per heavy atom. The summed E-state index contributed by atoms with van der Waals surface area (Å²) in [5.41, 5.74) is 1.13. The number of piperazine rings is 1. The van der Waals surface area contributed by atoms with Gasteiger partial charge in [0.05, 0.1) is 6.67 Å². The van der Waals surface area contributed by atoms with Crippen molar-refractivity contribution in [2.75, 3.05) is 63.9 Å². The van der Waals surface area contributed by atoms with Crippen LogP contribution in [0.2, 0.25) is 0 Å². The number of nitrogens with one attached hydrogen (secondary N) is 1. The molecule has 1 N–H and O–H groups in total. The first-order valence-electron chi connectivity index (χ1n) is 9.94. The van der Waals surface area contributed by atoms with E-state index >= 15 is 0 Å². The van der Waals surface area contributed by atoms with Crippen molar-refractivity contribution in [2.45, 2.75) is 32.2 Å². The topological polar surface area (TPSA) is 72.8 Å². The molecule has 0 atom stereocenters. The minimum Gasteiger partial charge on any atom is -0.338 e. The van der Waals surface area contributed by atoms with Crippen LogP contribution >= 0.6 is 0 Å². The molecule has 0 bridgehead atoms. The monoisotopic (exact) mass is 358 g/mol. The highest BCUT2D eigenvalue weighted by Gasteiger charge is 2.27. The Labute approximate surface area is 155 Å². The van der Waals surface area contributed by atoms with Crippen LogP contribution in [0.4, 0.5) is 5.95 Å². The van der Waals surface area contributed by atoms with Gasteiger partial charge in [-0.15, -0.1) is 0 Å². The molecule has 0 amide bonds. The molecule has 4 heterocycles. The molecule has 2 saturated heterocycles. The highest BCUT2D eigenvalue weighted by Crippen LogP contribution is 2.19. The van der Waals surface area contributed by atoms with Gasteiger partial charge in [0.15, 0.2) is 0 Å². The standard InChI is InChI=1S/C18H30N8/c1-2-24-5-3-16(4-6-24)25-7-9-26(10-8-25)18-22-14-21-17(23-18)11-15-12-19-13-20-15/h14,16,19H,2-13H2,1H3. The zero-order valence-corrected chi connectivity index (χ0v) is 15.8. The van der Waals surface area contributed by atoms with E-state index in [4.69, 9.17) is 0 Å². The van der Waals surface area contributed by atoms with Crippen molar-refractivity contribution in [1.82, 2.24) is 30.1 Å². The summed E-state index contributed by atoms with van der Waals surface area (Å²) in [5.74, 6) is 1.65. The lowest BCUT2D eigenvalue weighted by molar-refractivity contribution is 0.106. The van der Waals surface area contributed by atoms with Gasteiger partial charge in [-0.2, -0.15) is 4.98 Å².